The maximum Gasteiger partial charge on any atom is 0.308 e. The van der Waals surface area contributed by atoms with Gasteiger partial charge in [0.15, 0.2) is 6.29 Å². The van der Waals surface area contributed by atoms with Crippen LogP contribution in [0.4, 0.5) is 0 Å². The number of amides is 1. The molecule has 23 heavy (non-hydrogen) atoms. The minimum absolute atomic E-state index is 0.287. The van der Waals surface area contributed by atoms with Crippen molar-refractivity contribution >= 4 is 12.4 Å². The van der Waals surface area contributed by atoms with Crippen LogP contribution in [0.15, 0.2) is 0 Å². The number of carboxylic acids is 1. The van der Waals surface area contributed by atoms with Crippen molar-refractivity contribution < 1.29 is 24.3 Å². The van der Waals surface area contributed by atoms with Gasteiger partial charge in [0.05, 0.1) is 12.0 Å². The first-order chi connectivity index (χ1) is 11.0. The Hall–Kier alpha value is -1.14. The van der Waals surface area contributed by atoms with Gasteiger partial charge in [0.25, 0.3) is 0 Å². The van der Waals surface area contributed by atoms with Gasteiger partial charge in [0.1, 0.15) is 0 Å². The van der Waals surface area contributed by atoms with Crippen LogP contribution < -0.4 is 0 Å². The number of carbonyl (C=O) groups excluding carboxylic acids is 1. The first-order valence-electron chi connectivity index (χ1n) is 8.78. The molecule has 2 unspecified atom stereocenters. The van der Waals surface area contributed by atoms with Crippen molar-refractivity contribution in [1.82, 2.24) is 5.06 Å². The molecule has 0 aromatic heterocycles. The van der Waals surface area contributed by atoms with Crippen molar-refractivity contribution in [3.05, 3.63) is 0 Å². The Balaban J connectivity index is 2.83. The lowest BCUT2D eigenvalue weighted by atomic mass is 9.86. The number of hydroxylamine groups is 2. The third-order valence-corrected chi connectivity index (χ3v) is 4.53. The van der Waals surface area contributed by atoms with Gasteiger partial charge in [-0.2, -0.15) is 0 Å². The van der Waals surface area contributed by atoms with E-state index in [1.807, 2.05) is 20.8 Å². The SMILES string of the molecule is CCC[C@@H]([C@@H](CC(C)CC)C(=O)O)N(C=O)OC1CCCCO1. The first kappa shape index (κ1) is 19.9. The molecule has 0 aromatic carbocycles. The molecular weight excluding hydrogens is 298 g/mol. The van der Waals surface area contributed by atoms with Gasteiger partial charge in [-0.3, -0.25) is 9.59 Å². The van der Waals surface area contributed by atoms with Crippen LogP contribution in [0.2, 0.25) is 0 Å². The van der Waals surface area contributed by atoms with E-state index in [1.165, 1.54) is 5.06 Å². The predicted molar refractivity (Wildman–Crippen MR) is 86.5 cm³/mol. The number of hydrogen-bond acceptors (Lipinski definition) is 4. The van der Waals surface area contributed by atoms with E-state index in [1.54, 1.807) is 0 Å². The van der Waals surface area contributed by atoms with Gasteiger partial charge >= 0.3 is 5.97 Å². The van der Waals surface area contributed by atoms with Gasteiger partial charge in [0.2, 0.25) is 6.41 Å². The van der Waals surface area contributed by atoms with Crippen LogP contribution in [-0.2, 0) is 19.2 Å². The number of ether oxygens (including phenoxy) is 1. The lowest BCUT2D eigenvalue weighted by molar-refractivity contribution is -0.290. The normalized spacial score (nSPS) is 22.1. The Bertz CT molecular complexity index is 357. The number of carboxylic acid groups (broad SMARTS) is 1. The minimum atomic E-state index is -0.872. The maximum atomic E-state index is 11.8. The fourth-order valence-corrected chi connectivity index (χ4v) is 2.94. The molecule has 1 aliphatic heterocycles. The van der Waals surface area contributed by atoms with Crippen LogP contribution in [0, 0.1) is 11.8 Å². The summed E-state index contributed by atoms with van der Waals surface area (Å²) in [6.07, 6.45) is 5.69. The van der Waals surface area contributed by atoms with Gasteiger partial charge in [-0.1, -0.05) is 33.6 Å². The van der Waals surface area contributed by atoms with Crippen molar-refractivity contribution in [1.29, 1.82) is 0 Å². The molecule has 6 heteroatoms. The second-order valence-corrected chi connectivity index (χ2v) is 6.42. The number of rotatable bonds is 11. The number of hydrogen-bond donors (Lipinski definition) is 1. The summed E-state index contributed by atoms with van der Waals surface area (Å²) < 4.78 is 5.51. The third-order valence-electron chi connectivity index (χ3n) is 4.53. The molecule has 0 aliphatic carbocycles. The second kappa shape index (κ2) is 10.6. The van der Waals surface area contributed by atoms with E-state index in [4.69, 9.17) is 9.57 Å². The van der Waals surface area contributed by atoms with Gasteiger partial charge in [0, 0.05) is 13.0 Å². The molecule has 0 bridgehead atoms. The maximum absolute atomic E-state index is 11.8. The van der Waals surface area contributed by atoms with E-state index in [2.05, 4.69) is 0 Å². The Morgan fingerprint density at radius 1 is 1.43 bits per heavy atom. The summed E-state index contributed by atoms with van der Waals surface area (Å²) in [5.74, 6) is -1.21. The first-order valence-corrected chi connectivity index (χ1v) is 8.78. The molecule has 1 saturated heterocycles. The molecule has 0 aromatic rings. The monoisotopic (exact) mass is 329 g/mol. The molecule has 6 nitrogen and oxygen atoms in total. The van der Waals surface area contributed by atoms with Crippen molar-refractivity contribution in [3.8, 4) is 0 Å². The van der Waals surface area contributed by atoms with Gasteiger partial charge in [-0.05, 0) is 31.6 Å². The lowest BCUT2D eigenvalue weighted by Crippen LogP contribution is -2.46. The van der Waals surface area contributed by atoms with E-state index in [-0.39, 0.29) is 5.92 Å². The molecule has 0 radical (unpaired) electrons. The van der Waals surface area contributed by atoms with Crippen LogP contribution >= 0.6 is 0 Å². The molecule has 1 heterocycles. The molecule has 4 atom stereocenters. The summed E-state index contributed by atoms with van der Waals surface area (Å²) >= 11 is 0. The molecule has 1 amide bonds. The summed E-state index contributed by atoms with van der Waals surface area (Å²) in [4.78, 5) is 29.0. The average Bonchev–Trinajstić information content (AvgIpc) is 2.56. The minimum Gasteiger partial charge on any atom is -0.481 e. The summed E-state index contributed by atoms with van der Waals surface area (Å²) in [6.45, 7) is 6.68. The van der Waals surface area contributed by atoms with E-state index in [0.717, 1.165) is 32.1 Å². The molecule has 1 N–H and O–H groups in total. The lowest BCUT2D eigenvalue weighted by Gasteiger charge is -2.35. The summed E-state index contributed by atoms with van der Waals surface area (Å²) in [6, 6.07) is -0.463. The summed E-state index contributed by atoms with van der Waals surface area (Å²) in [7, 11) is 0. The Morgan fingerprint density at radius 2 is 2.17 bits per heavy atom. The van der Waals surface area contributed by atoms with Gasteiger partial charge in [-0.15, -0.1) is 0 Å². The standard InChI is InChI=1S/C17H31NO5/c1-4-8-15(14(17(20)21)11-13(3)5-2)18(12-19)23-16-9-6-7-10-22-16/h12-16H,4-11H2,1-3H3,(H,20,21)/t13?,14-,15+,16?/m1/s1. The highest BCUT2D eigenvalue weighted by Gasteiger charge is 2.35. The average molecular weight is 329 g/mol. The zero-order valence-corrected chi connectivity index (χ0v) is 14.6. The van der Waals surface area contributed by atoms with Crippen LogP contribution in [0.3, 0.4) is 0 Å². The smallest absolute Gasteiger partial charge is 0.308 e. The Morgan fingerprint density at radius 3 is 2.65 bits per heavy atom. The highest BCUT2D eigenvalue weighted by atomic mass is 16.8. The second-order valence-electron chi connectivity index (χ2n) is 6.42. The topological polar surface area (TPSA) is 76.1 Å². The van der Waals surface area contributed by atoms with Crippen LogP contribution in [0.5, 0.6) is 0 Å². The number of aliphatic carboxylic acids is 1. The zero-order chi connectivity index (χ0) is 17.2. The third kappa shape index (κ3) is 6.47. The van der Waals surface area contributed by atoms with E-state index in [9.17, 15) is 14.7 Å². The predicted octanol–water partition coefficient (Wildman–Crippen LogP) is 3.21. The molecule has 1 rings (SSSR count). The summed E-state index contributed by atoms with van der Waals surface area (Å²) in [5.41, 5.74) is 0. The van der Waals surface area contributed by atoms with E-state index in [0.29, 0.717) is 25.9 Å². The Labute approximate surface area is 139 Å². The van der Waals surface area contributed by atoms with Gasteiger partial charge < -0.3 is 9.84 Å². The quantitative estimate of drug-likeness (QED) is 0.465. The highest BCUT2D eigenvalue weighted by molar-refractivity contribution is 5.71. The van der Waals surface area contributed by atoms with Gasteiger partial charge in [-0.25, -0.2) is 9.90 Å². The van der Waals surface area contributed by atoms with E-state index >= 15 is 0 Å². The van der Waals surface area contributed by atoms with Crippen molar-refractivity contribution in [2.24, 2.45) is 11.8 Å². The molecule has 134 valence electrons. The fraction of sp³-hybridized carbons (Fsp3) is 0.882. The molecule has 1 aliphatic rings. The van der Waals surface area contributed by atoms with Crippen LogP contribution in [-0.4, -0.2) is 41.5 Å². The summed E-state index contributed by atoms with van der Waals surface area (Å²) in [5, 5.41) is 10.8. The molecular formula is C17H31NO5. The molecule has 0 saturated carbocycles. The van der Waals surface area contributed by atoms with Crippen molar-refractivity contribution in [2.45, 2.75) is 78.0 Å². The fourth-order valence-electron chi connectivity index (χ4n) is 2.94. The van der Waals surface area contributed by atoms with Crippen molar-refractivity contribution in [3.63, 3.8) is 0 Å². The van der Waals surface area contributed by atoms with Crippen LogP contribution in [0.1, 0.15) is 65.7 Å². The molecule has 0 spiro atoms. The number of nitrogens with zero attached hydrogens (tertiary/aromatic N) is 1. The highest BCUT2D eigenvalue weighted by Crippen LogP contribution is 2.26. The molecule has 1 fully saturated rings. The number of carbonyl (C=O) groups is 2. The van der Waals surface area contributed by atoms with Crippen LogP contribution in [0.25, 0.3) is 0 Å². The largest absolute Gasteiger partial charge is 0.481 e. The Kier molecular flexibility index (Phi) is 9.17. The van der Waals surface area contributed by atoms with E-state index < -0.39 is 24.2 Å². The zero-order valence-electron chi connectivity index (χ0n) is 14.6. The van der Waals surface area contributed by atoms with Crippen molar-refractivity contribution in [2.75, 3.05) is 6.61 Å².